The average molecular weight is 289 g/mol. The summed E-state index contributed by atoms with van der Waals surface area (Å²) in [5.41, 5.74) is 3.71. The number of aryl methyl sites for hydroxylation is 2. The molecule has 2 aromatic carbocycles. The fourth-order valence-corrected chi connectivity index (χ4v) is 2.47. The SMILES string of the molecule is COc1ccc(Cl)cc1CC(=O)c1ccc(C)cc1C. The van der Waals surface area contributed by atoms with Crippen LogP contribution in [0.3, 0.4) is 0 Å². The van der Waals surface area contributed by atoms with E-state index in [2.05, 4.69) is 0 Å². The molecule has 0 aliphatic rings. The molecule has 0 aromatic heterocycles. The minimum absolute atomic E-state index is 0.0723. The van der Waals surface area contributed by atoms with Crippen LogP contribution in [0, 0.1) is 13.8 Å². The molecule has 3 heteroatoms. The van der Waals surface area contributed by atoms with Gasteiger partial charge in [-0.15, -0.1) is 0 Å². The molecule has 0 saturated heterocycles. The Morgan fingerprint density at radius 2 is 1.90 bits per heavy atom. The molecule has 0 aliphatic heterocycles. The van der Waals surface area contributed by atoms with Crippen molar-refractivity contribution in [3.8, 4) is 5.75 Å². The van der Waals surface area contributed by atoms with Crippen LogP contribution >= 0.6 is 11.6 Å². The summed E-state index contributed by atoms with van der Waals surface area (Å²) in [6.07, 6.45) is 0.285. The first-order valence-corrected chi connectivity index (χ1v) is 6.82. The van der Waals surface area contributed by atoms with E-state index in [1.807, 2.05) is 32.0 Å². The Kier molecular flexibility index (Phi) is 4.46. The van der Waals surface area contributed by atoms with Gasteiger partial charge in [-0.1, -0.05) is 35.4 Å². The molecule has 0 fully saturated rings. The van der Waals surface area contributed by atoms with Crippen molar-refractivity contribution in [3.05, 3.63) is 63.7 Å². The summed E-state index contributed by atoms with van der Waals surface area (Å²) in [5, 5.41) is 0.606. The number of ketones is 1. The first-order valence-electron chi connectivity index (χ1n) is 6.44. The van der Waals surface area contributed by atoms with Crippen LogP contribution in [0.25, 0.3) is 0 Å². The number of carbonyl (C=O) groups is 1. The number of benzene rings is 2. The molecule has 104 valence electrons. The molecule has 2 aromatic rings. The fraction of sp³-hybridized carbons (Fsp3) is 0.235. The van der Waals surface area contributed by atoms with Gasteiger partial charge in [-0.3, -0.25) is 4.79 Å². The smallest absolute Gasteiger partial charge is 0.167 e. The highest BCUT2D eigenvalue weighted by Gasteiger charge is 2.13. The molecule has 0 unspecified atom stereocenters. The monoisotopic (exact) mass is 288 g/mol. The molecule has 20 heavy (non-hydrogen) atoms. The maximum Gasteiger partial charge on any atom is 0.167 e. The minimum atomic E-state index is 0.0723. The molecular formula is C17H17ClO2. The number of Topliss-reactive ketones (excluding diaryl/α,β-unsaturated/α-hetero) is 1. The first-order chi connectivity index (χ1) is 9.51. The van der Waals surface area contributed by atoms with Crippen molar-refractivity contribution < 1.29 is 9.53 Å². The zero-order valence-electron chi connectivity index (χ0n) is 11.9. The third-order valence-corrected chi connectivity index (χ3v) is 3.51. The van der Waals surface area contributed by atoms with Crippen LogP contribution in [0.4, 0.5) is 0 Å². The molecule has 0 radical (unpaired) electrons. The number of rotatable bonds is 4. The number of carbonyl (C=O) groups excluding carboxylic acids is 1. The maximum atomic E-state index is 12.4. The quantitative estimate of drug-likeness (QED) is 0.780. The molecule has 2 nitrogen and oxygen atoms in total. The highest BCUT2D eigenvalue weighted by molar-refractivity contribution is 6.30. The van der Waals surface area contributed by atoms with Gasteiger partial charge in [-0.2, -0.15) is 0 Å². The topological polar surface area (TPSA) is 26.3 Å². The summed E-state index contributed by atoms with van der Waals surface area (Å²) in [4.78, 5) is 12.4. The van der Waals surface area contributed by atoms with Crippen LogP contribution in [-0.2, 0) is 6.42 Å². The van der Waals surface area contributed by atoms with Crippen molar-refractivity contribution >= 4 is 17.4 Å². The maximum absolute atomic E-state index is 12.4. The minimum Gasteiger partial charge on any atom is -0.496 e. The Balaban J connectivity index is 2.30. The predicted octanol–water partition coefficient (Wildman–Crippen LogP) is 4.39. The molecular weight excluding hydrogens is 272 g/mol. The van der Waals surface area contributed by atoms with Gasteiger partial charge in [0.25, 0.3) is 0 Å². The Morgan fingerprint density at radius 3 is 2.55 bits per heavy atom. The van der Waals surface area contributed by atoms with E-state index in [4.69, 9.17) is 16.3 Å². The van der Waals surface area contributed by atoms with Gasteiger partial charge in [0.2, 0.25) is 0 Å². The Labute approximate surface area is 124 Å². The molecule has 0 aliphatic carbocycles. The van der Waals surface area contributed by atoms with E-state index in [0.717, 1.165) is 22.3 Å². The Hall–Kier alpha value is -1.80. The van der Waals surface area contributed by atoms with E-state index in [9.17, 15) is 4.79 Å². The highest BCUT2D eigenvalue weighted by atomic mass is 35.5. The van der Waals surface area contributed by atoms with Crippen LogP contribution in [0.2, 0.25) is 5.02 Å². The highest BCUT2D eigenvalue weighted by Crippen LogP contribution is 2.24. The number of hydrogen-bond acceptors (Lipinski definition) is 2. The molecule has 0 heterocycles. The third-order valence-electron chi connectivity index (χ3n) is 3.28. The van der Waals surface area contributed by atoms with Crippen molar-refractivity contribution in [2.45, 2.75) is 20.3 Å². The second kappa shape index (κ2) is 6.10. The van der Waals surface area contributed by atoms with Gasteiger partial charge in [0, 0.05) is 22.6 Å². The zero-order chi connectivity index (χ0) is 14.7. The van der Waals surface area contributed by atoms with E-state index in [0.29, 0.717) is 10.8 Å². The summed E-state index contributed by atoms with van der Waals surface area (Å²) in [5.74, 6) is 0.760. The van der Waals surface area contributed by atoms with Crippen LogP contribution in [-0.4, -0.2) is 12.9 Å². The molecule has 0 saturated carbocycles. The average Bonchev–Trinajstić information content (AvgIpc) is 2.38. The van der Waals surface area contributed by atoms with E-state index in [-0.39, 0.29) is 12.2 Å². The molecule has 0 amide bonds. The third kappa shape index (κ3) is 3.20. The molecule has 0 atom stereocenters. The van der Waals surface area contributed by atoms with E-state index >= 15 is 0 Å². The van der Waals surface area contributed by atoms with Gasteiger partial charge in [0.15, 0.2) is 5.78 Å². The van der Waals surface area contributed by atoms with Crippen molar-refractivity contribution in [2.75, 3.05) is 7.11 Å². The molecule has 0 bridgehead atoms. The summed E-state index contributed by atoms with van der Waals surface area (Å²) >= 11 is 5.99. The summed E-state index contributed by atoms with van der Waals surface area (Å²) in [6.45, 7) is 3.97. The van der Waals surface area contributed by atoms with Gasteiger partial charge in [-0.25, -0.2) is 0 Å². The lowest BCUT2D eigenvalue weighted by Crippen LogP contribution is -2.07. The summed E-state index contributed by atoms with van der Waals surface area (Å²) < 4.78 is 5.28. The van der Waals surface area contributed by atoms with Gasteiger partial charge in [0.05, 0.1) is 7.11 Å². The van der Waals surface area contributed by atoms with Crippen LogP contribution in [0.15, 0.2) is 36.4 Å². The van der Waals surface area contributed by atoms with Crippen LogP contribution in [0.5, 0.6) is 5.75 Å². The largest absolute Gasteiger partial charge is 0.496 e. The zero-order valence-corrected chi connectivity index (χ0v) is 12.6. The normalized spacial score (nSPS) is 10.4. The second-order valence-corrected chi connectivity index (χ2v) is 5.31. The van der Waals surface area contributed by atoms with Crippen molar-refractivity contribution in [3.63, 3.8) is 0 Å². The summed E-state index contributed by atoms with van der Waals surface area (Å²) in [6, 6.07) is 11.2. The Bertz CT molecular complexity index is 647. The van der Waals surface area contributed by atoms with E-state index < -0.39 is 0 Å². The van der Waals surface area contributed by atoms with Gasteiger partial charge < -0.3 is 4.74 Å². The van der Waals surface area contributed by atoms with Crippen molar-refractivity contribution in [1.82, 2.24) is 0 Å². The predicted molar refractivity (Wildman–Crippen MR) is 82.0 cm³/mol. The number of ether oxygens (including phenoxy) is 1. The lowest BCUT2D eigenvalue weighted by molar-refractivity contribution is 0.0991. The molecule has 2 rings (SSSR count). The Morgan fingerprint density at radius 1 is 1.15 bits per heavy atom. The first kappa shape index (κ1) is 14.6. The number of methoxy groups -OCH3 is 1. The van der Waals surface area contributed by atoms with Crippen molar-refractivity contribution in [1.29, 1.82) is 0 Å². The number of halogens is 1. The lowest BCUT2D eigenvalue weighted by atomic mass is 9.97. The van der Waals surface area contributed by atoms with Gasteiger partial charge in [0.1, 0.15) is 5.75 Å². The molecule has 0 spiro atoms. The van der Waals surface area contributed by atoms with Crippen molar-refractivity contribution in [2.24, 2.45) is 0 Å². The standard InChI is InChI=1S/C17H17ClO2/c1-11-4-6-15(12(2)8-11)16(19)10-13-9-14(18)5-7-17(13)20-3/h4-9H,10H2,1-3H3. The lowest BCUT2D eigenvalue weighted by Gasteiger charge is -2.10. The van der Waals surface area contributed by atoms with Crippen LogP contribution in [0.1, 0.15) is 27.0 Å². The van der Waals surface area contributed by atoms with E-state index in [1.54, 1.807) is 25.3 Å². The van der Waals surface area contributed by atoms with Crippen LogP contribution < -0.4 is 4.74 Å². The molecule has 0 N–H and O–H groups in total. The van der Waals surface area contributed by atoms with E-state index in [1.165, 1.54) is 0 Å². The fourth-order valence-electron chi connectivity index (χ4n) is 2.28. The summed E-state index contributed by atoms with van der Waals surface area (Å²) in [7, 11) is 1.59. The second-order valence-electron chi connectivity index (χ2n) is 4.87. The number of hydrogen-bond donors (Lipinski definition) is 0. The van der Waals surface area contributed by atoms with Gasteiger partial charge in [-0.05, 0) is 37.6 Å². The van der Waals surface area contributed by atoms with Gasteiger partial charge >= 0.3 is 0 Å².